The van der Waals surface area contributed by atoms with Crippen molar-refractivity contribution < 1.29 is 9.90 Å². The third-order valence-corrected chi connectivity index (χ3v) is 5.03. The molecule has 0 saturated carbocycles. The first kappa shape index (κ1) is 17.9. The number of rotatable bonds is 4. The van der Waals surface area contributed by atoms with Crippen LogP contribution in [-0.4, -0.2) is 35.1 Å². The summed E-state index contributed by atoms with van der Waals surface area (Å²) in [6, 6.07) is 12.1. The number of pyridine rings is 1. The highest BCUT2D eigenvalue weighted by Crippen LogP contribution is 2.29. The average molecular weight is 363 g/mol. The first-order valence-corrected chi connectivity index (χ1v) is 9.32. The van der Waals surface area contributed by atoms with Crippen LogP contribution in [-0.2, 0) is 4.79 Å². The van der Waals surface area contributed by atoms with E-state index in [0.29, 0.717) is 18.5 Å². The molecule has 5 nitrogen and oxygen atoms in total. The quantitative estimate of drug-likeness (QED) is 0.832. The smallest absolute Gasteiger partial charge is 0.336 e. The van der Waals surface area contributed by atoms with E-state index in [0.717, 1.165) is 21.7 Å². The molecule has 1 N–H and O–H groups in total. The summed E-state index contributed by atoms with van der Waals surface area (Å²) in [5, 5.41) is 18.7. The lowest BCUT2D eigenvalue weighted by molar-refractivity contribution is -0.132. The second kappa shape index (κ2) is 7.98. The van der Waals surface area contributed by atoms with Crippen molar-refractivity contribution in [3.8, 4) is 17.2 Å². The van der Waals surface area contributed by atoms with E-state index in [1.165, 1.54) is 6.21 Å². The van der Waals surface area contributed by atoms with E-state index in [-0.39, 0.29) is 11.5 Å². The van der Waals surface area contributed by atoms with Crippen molar-refractivity contribution in [3.05, 3.63) is 59.4 Å². The highest BCUT2D eigenvalue weighted by molar-refractivity contribution is 7.98. The third kappa shape index (κ3) is 3.84. The minimum absolute atomic E-state index is 0.0388. The second-order valence-electron chi connectivity index (χ2n) is 5.89. The summed E-state index contributed by atoms with van der Waals surface area (Å²) in [5.41, 5.74) is 3.25. The molecule has 1 unspecified atom stereocenters. The summed E-state index contributed by atoms with van der Waals surface area (Å²) in [6.07, 6.45) is 7.31. The number of hydrogen-bond acceptors (Lipinski definition) is 5. The zero-order valence-electron chi connectivity index (χ0n) is 14.2. The molecule has 0 fully saturated rings. The van der Waals surface area contributed by atoms with Crippen molar-refractivity contribution in [1.82, 2.24) is 4.98 Å². The van der Waals surface area contributed by atoms with E-state index in [1.807, 2.05) is 30.5 Å². The zero-order valence-corrected chi connectivity index (χ0v) is 15.0. The van der Waals surface area contributed by atoms with Crippen LogP contribution in [0.3, 0.4) is 0 Å². The topological polar surface area (TPSA) is 86.3 Å². The average Bonchev–Trinajstić information content (AvgIpc) is 2.94. The van der Waals surface area contributed by atoms with Gasteiger partial charge in [0.1, 0.15) is 0 Å². The number of nitrogens with zero attached hydrogens (tertiary/aromatic N) is 3. The fourth-order valence-corrected chi connectivity index (χ4v) is 3.23. The first-order valence-electron chi connectivity index (χ1n) is 8.10. The van der Waals surface area contributed by atoms with Gasteiger partial charge in [0.05, 0.1) is 17.2 Å². The molecular formula is C20H17N3O2S. The molecule has 1 aliphatic rings. The predicted molar refractivity (Wildman–Crippen MR) is 103 cm³/mol. The lowest BCUT2D eigenvalue weighted by Crippen LogP contribution is -2.05. The minimum Gasteiger partial charge on any atom is -0.478 e. The number of aliphatic carboxylic acids is 1. The van der Waals surface area contributed by atoms with Gasteiger partial charge in [0.25, 0.3) is 0 Å². The molecule has 0 bridgehead atoms. The molecule has 1 atom stereocenters. The number of carboxylic acid groups (broad SMARTS) is 1. The summed E-state index contributed by atoms with van der Waals surface area (Å²) >= 11 is 1.67. The number of nitriles is 1. The summed E-state index contributed by atoms with van der Waals surface area (Å²) in [6.45, 7) is 0.451. The van der Waals surface area contributed by atoms with Crippen LogP contribution >= 0.6 is 11.8 Å². The Hall–Kier alpha value is -2.91. The molecule has 0 saturated heterocycles. The number of aliphatic imine (C=N–C) groups is 1. The molecule has 3 rings (SSSR count). The normalized spacial score (nSPS) is 16.5. The van der Waals surface area contributed by atoms with Crippen molar-refractivity contribution in [2.75, 3.05) is 12.8 Å². The monoisotopic (exact) mass is 363 g/mol. The van der Waals surface area contributed by atoms with Crippen LogP contribution in [0.2, 0.25) is 0 Å². The molecule has 2 heterocycles. The summed E-state index contributed by atoms with van der Waals surface area (Å²) in [4.78, 5) is 21.0. The highest BCUT2D eigenvalue weighted by atomic mass is 32.2. The standard InChI is InChI=1S/C20H17N3O2S/c1-26-17-6-4-13(5-7-17)18-12-23-19(8-16(18)9-21)14-2-3-15(20(24)25)11-22-10-14/h3-8,11-12,14H,2,10H2,1H3,(H,24,25). The fraction of sp³-hybridized carbons (Fsp3) is 0.200. The van der Waals surface area contributed by atoms with Gasteiger partial charge in [-0.25, -0.2) is 4.79 Å². The second-order valence-corrected chi connectivity index (χ2v) is 6.77. The van der Waals surface area contributed by atoms with E-state index in [1.54, 1.807) is 30.1 Å². The Bertz CT molecular complexity index is 927. The summed E-state index contributed by atoms with van der Waals surface area (Å²) in [5.74, 6) is -1.02. The molecule has 2 aromatic rings. The Morgan fingerprint density at radius 3 is 2.77 bits per heavy atom. The lowest BCUT2D eigenvalue weighted by Gasteiger charge is -2.13. The van der Waals surface area contributed by atoms with Gasteiger partial charge >= 0.3 is 5.97 Å². The van der Waals surface area contributed by atoms with Gasteiger partial charge in [0.15, 0.2) is 0 Å². The third-order valence-electron chi connectivity index (χ3n) is 4.29. The molecule has 6 heteroatoms. The van der Waals surface area contributed by atoms with Crippen LogP contribution in [0, 0.1) is 11.3 Å². The molecule has 0 spiro atoms. The van der Waals surface area contributed by atoms with Crippen LogP contribution < -0.4 is 0 Å². The van der Waals surface area contributed by atoms with Gasteiger partial charge in [-0.3, -0.25) is 9.98 Å². The van der Waals surface area contributed by atoms with E-state index in [4.69, 9.17) is 5.11 Å². The maximum absolute atomic E-state index is 11.1. The number of benzene rings is 1. The summed E-state index contributed by atoms with van der Waals surface area (Å²) in [7, 11) is 0. The molecule has 130 valence electrons. The van der Waals surface area contributed by atoms with Gasteiger partial charge < -0.3 is 5.11 Å². The fourth-order valence-electron chi connectivity index (χ4n) is 2.82. The van der Waals surface area contributed by atoms with Gasteiger partial charge in [-0.2, -0.15) is 5.26 Å². The van der Waals surface area contributed by atoms with Crippen LogP contribution in [0.15, 0.2) is 58.1 Å². The predicted octanol–water partition coefficient (Wildman–Crippen LogP) is 3.91. The van der Waals surface area contributed by atoms with Crippen LogP contribution in [0.4, 0.5) is 0 Å². The lowest BCUT2D eigenvalue weighted by atomic mass is 9.96. The Labute approximate surface area is 156 Å². The molecule has 1 aromatic heterocycles. The molecule has 1 aliphatic heterocycles. The largest absolute Gasteiger partial charge is 0.478 e. The number of hydrogen-bond donors (Lipinski definition) is 1. The van der Waals surface area contributed by atoms with Crippen molar-refractivity contribution in [2.45, 2.75) is 17.2 Å². The van der Waals surface area contributed by atoms with Gasteiger partial charge in [0, 0.05) is 41.0 Å². The van der Waals surface area contributed by atoms with Crippen molar-refractivity contribution in [1.29, 1.82) is 5.26 Å². The maximum Gasteiger partial charge on any atom is 0.336 e. The number of carbonyl (C=O) groups is 1. The van der Waals surface area contributed by atoms with Crippen molar-refractivity contribution in [2.24, 2.45) is 4.99 Å². The van der Waals surface area contributed by atoms with E-state index in [2.05, 4.69) is 16.0 Å². The van der Waals surface area contributed by atoms with Crippen molar-refractivity contribution >= 4 is 23.9 Å². The Morgan fingerprint density at radius 2 is 2.12 bits per heavy atom. The summed E-state index contributed by atoms with van der Waals surface area (Å²) < 4.78 is 0. The van der Waals surface area contributed by atoms with E-state index >= 15 is 0 Å². The van der Waals surface area contributed by atoms with E-state index < -0.39 is 5.97 Å². The van der Waals surface area contributed by atoms with Crippen LogP contribution in [0.25, 0.3) is 11.1 Å². The number of thioether (sulfide) groups is 1. The zero-order chi connectivity index (χ0) is 18.5. The van der Waals surface area contributed by atoms with Gasteiger partial charge in [0.2, 0.25) is 0 Å². The maximum atomic E-state index is 11.1. The molecule has 0 aliphatic carbocycles. The molecule has 26 heavy (non-hydrogen) atoms. The Balaban J connectivity index is 1.90. The van der Waals surface area contributed by atoms with Crippen LogP contribution in [0.1, 0.15) is 23.6 Å². The number of carboxylic acids is 1. The van der Waals surface area contributed by atoms with Gasteiger partial charge in [-0.1, -0.05) is 18.2 Å². The molecule has 1 aromatic carbocycles. The number of aromatic nitrogens is 1. The Morgan fingerprint density at radius 1 is 1.35 bits per heavy atom. The van der Waals surface area contributed by atoms with Gasteiger partial charge in [-0.05, 0) is 36.4 Å². The van der Waals surface area contributed by atoms with Gasteiger partial charge in [-0.15, -0.1) is 11.8 Å². The Kier molecular flexibility index (Phi) is 5.49. The minimum atomic E-state index is -0.982. The van der Waals surface area contributed by atoms with Crippen molar-refractivity contribution in [3.63, 3.8) is 0 Å². The molecular weight excluding hydrogens is 346 g/mol. The van der Waals surface area contributed by atoms with E-state index in [9.17, 15) is 10.1 Å². The molecule has 0 radical (unpaired) electrons. The molecule has 0 amide bonds. The number of allylic oxidation sites excluding steroid dienone is 1. The SMILES string of the molecule is CSc1ccc(-c2cnc(C3CC=C(C(=O)O)C=NC3)cc2C#N)cc1. The van der Waals surface area contributed by atoms with Crippen LogP contribution in [0.5, 0.6) is 0 Å². The highest BCUT2D eigenvalue weighted by Gasteiger charge is 2.18. The first-order chi connectivity index (χ1) is 12.6.